The Balaban J connectivity index is 1.95. The summed E-state index contributed by atoms with van der Waals surface area (Å²) in [6.45, 7) is 2.93. The standard InChI is InChI=1S/C18H19NO2/c1-13-4-6-16-15(10-13)8-9-19(16)12-14-5-7-17(20-2)18(11-14)21-3/h4-11H,12H2,1-3H3. The second kappa shape index (κ2) is 5.52. The Kier molecular flexibility index (Phi) is 3.57. The summed E-state index contributed by atoms with van der Waals surface area (Å²) in [6.07, 6.45) is 2.13. The fraction of sp³-hybridized carbons (Fsp3) is 0.222. The number of aryl methyl sites for hydroxylation is 1. The molecule has 0 unspecified atom stereocenters. The maximum atomic E-state index is 5.37. The molecular weight excluding hydrogens is 262 g/mol. The van der Waals surface area contributed by atoms with E-state index in [1.807, 2.05) is 12.1 Å². The number of benzene rings is 2. The normalized spacial score (nSPS) is 10.8. The molecule has 0 saturated carbocycles. The first-order chi connectivity index (χ1) is 10.2. The summed E-state index contributed by atoms with van der Waals surface area (Å²) in [5.74, 6) is 1.52. The number of ether oxygens (including phenoxy) is 2. The van der Waals surface area contributed by atoms with Crippen LogP contribution >= 0.6 is 0 Å². The van der Waals surface area contributed by atoms with Crippen LogP contribution in [0.2, 0.25) is 0 Å². The van der Waals surface area contributed by atoms with E-state index < -0.39 is 0 Å². The average molecular weight is 281 g/mol. The molecule has 1 heterocycles. The van der Waals surface area contributed by atoms with Gasteiger partial charge in [0.15, 0.2) is 11.5 Å². The first-order valence-corrected chi connectivity index (χ1v) is 6.97. The zero-order chi connectivity index (χ0) is 14.8. The van der Waals surface area contributed by atoms with Crippen LogP contribution in [0.15, 0.2) is 48.7 Å². The molecule has 108 valence electrons. The zero-order valence-electron chi connectivity index (χ0n) is 12.6. The largest absolute Gasteiger partial charge is 0.493 e. The van der Waals surface area contributed by atoms with Gasteiger partial charge in [0.25, 0.3) is 0 Å². The van der Waals surface area contributed by atoms with Crippen LogP contribution < -0.4 is 9.47 Å². The van der Waals surface area contributed by atoms with Gasteiger partial charge in [-0.25, -0.2) is 0 Å². The zero-order valence-corrected chi connectivity index (χ0v) is 12.6. The lowest BCUT2D eigenvalue weighted by atomic mass is 10.1. The van der Waals surface area contributed by atoms with Crippen molar-refractivity contribution in [1.29, 1.82) is 0 Å². The van der Waals surface area contributed by atoms with Crippen LogP contribution in [-0.4, -0.2) is 18.8 Å². The van der Waals surface area contributed by atoms with Gasteiger partial charge in [-0.3, -0.25) is 0 Å². The number of rotatable bonds is 4. The van der Waals surface area contributed by atoms with Gasteiger partial charge >= 0.3 is 0 Å². The van der Waals surface area contributed by atoms with E-state index >= 15 is 0 Å². The van der Waals surface area contributed by atoms with E-state index in [1.54, 1.807) is 14.2 Å². The van der Waals surface area contributed by atoms with E-state index in [-0.39, 0.29) is 0 Å². The van der Waals surface area contributed by atoms with Crippen molar-refractivity contribution in [3.05, 3.63) is 59.8 Å². The molecule has 0 aliphatic heterocycles. The number of aromatic nitrogens is 1. The highest BCUT2D eigenvalue weighted by Crippen LogP contribution is 2.28. The van der Waals surface area contributed by atoms with Crippen LogP contribution in [0.3, 0.4) is 0 Å². The van der Waals surface area contributed by atoms with Crippen molar-refractivity contribution in [3.63, 3.8) is 0 Å². The first-order valence-electron chi connectivity index (χ1n) is 6.97. The summed E-state index contributed by atoms with van der Waals surface area (Å²) in [5, 5.41) is 1.27. The SMILES string of the molecule is COc1ccc(Cn2ccc3cc(C)ccc32)cc1OC. The quantitative estimate of drug-likeness (QED) is 0.721. The molecule has 3 rings (SSSR count). The van der Waals surface area contributed by atoms with Gasteiger partial charge in [-0.15, -0.1) is 0 Å². The molecule has 0 radical (unpaired) electrons. The third-order valence-corrected chi connectivity index (χ3v) is 3.73. The van der Waals surface area contributed by atoms with E-state index in [2.05, 4.69) is 48.0 Å². The lowest BCUT2D eigenvalue weighted by Crippen LogP contribution is -1.99. The number of nitrogens with zero attached hydrogens (tertiary/aromatic N) is 1. The van der Waals surface area contributed by atoms with Crippen molar-refractivity contribution >= 4 is 10.9 Å². The monoisotopic (exact) mass is 281 g/mol. The smallest absolute Gasteiger partial charge is 0.161 e. The van der Waals surface area contributed by atoms with E-state index in [0.717, 1.165) is 18.0 Å². The van der Waals surface area contributed by atoms with Crippen molar-refractivity contribution < 1.29 is 9.47 Å². The van der Waals surface area contributed by atoms with Gasteiger partial charge in [-0.1, -0.05) is 17.7 Å². The molecule has 0 amide bonds. The van der Waals surface area contributed by atoms with Gasteiger partial charge in [0.05, 0.1) is 14.2 Å². The van der Waals surface area contributed by atoms with Crippen LogP contribution in [-0.2, 0) is 6.54 Å². The average Bonchev–Trinajstić information content (AvgIpc) is 2.89. The molecule has 1 aromatic heterocycles. The Labute approximate surface area is 124 Å². The highest BCUT2D eigenvalue weighted by molar-refractivity contribution is 5.80. The Morgan fingerprint density at radius 2 is 1.71 bits per heavy atom. The highest BCUT2D eigenvalue weighted by atomic mass is 16.5. The van der Waals surface area contributed by atoms with Crippen molar-refractivity contribution in [2.45, 2.75) is 13.5 Å². The predicted octanol–water partition coefficient (Wildman–Crippen LogP) is 4.02. The highest BCUT2D eigenvalue weighted by Gasteiger charge is 2.06. The molecule has 3 heteroatoms. The van der Waals surface area contributed by atoms with Gasteiger partial charge in [0.1, 0.15) is 0 Å². The fourth-order valence-corrected chi connectivity index (χ4v) is 2.63. The third kappa shape index (κ3) is 2.59. The summed E-state index contributed by atoms with van der Waals surface area (Å²) in [7, 11) is 3.31. The molecular formula is C18H19NO2. The molecule has 0 N–H and O–H groups in total. The molecule has 0 atom stereocenters. The van der Waals surface area contributed by atoms with Crippen molar-refractivity contribution in [2.24, 2.45) is 0 Å². The van der Waals surface area contributed by atoms with Crippen molar-refractivity contribution in [1.82, 2.24) is 4.57 Å². The maximum absolute atomic E-state index is 5.37. The van der Waals surface area contributed by atoms with Crippen molar-refractivity contribution in [3.8, 4) is 11.5 Å². The fourth-order valence-electron chi connectivity index (χ4n) is 2.63. The number of hydrogen-bond donors (Lipinski definition) is 0. The summed E-state index contributed by atoms with van der Waals surface area (Å²) >= 11 is 0. The van der Waals surface area contributed by atoms with Gasteiger partial charge in [0, 0.05) is 18.3 Å². The third-order valence-electron chi connectivity index (χ3n) is 3.73. The van der Waals surface area contributed by atoms with Crippen LogP contribution in [0.1, 0.15) is 11.1 Å². The molecule has 0 saturated heterocycles. The van der Waals surface area contributed by atoms with Crippen LogP contribution in [0, 0.1) is 6.92 Å². The van der Waals surface area contributed by atoms with Gasteiger partial charge in [-0.2, -0.15) is 0 Å². The Bertz CT molecular complexity index is 774. The molecule has 3 aromatic rings. The van der Waals surface area contributed by atoms with Gasteiger partial charge < -0.3 is 14.0 Å². The Morgan fingerprint density at radius 3 is 2.48 bits per heavy atom. The molecule has 0 aliphatic rings. The number of methoxy groups -OCH3 is 2. The minimum absolute atomic E-state index is 0.759. The first kappa shape index (κ1) is 13.6. The molecule has 2 aromatic carbocycles. The lowest BCUT2D eigenvalue weighted by Gasteiger charge is -2.11. The maximum Gasteiger partial charge on any atom is 0.161 e. The summed E-state index contributed by atoms with van der Waals surface area (Å²) in [5.41, 5.74) is 3.72. The summed E-state index contributed by atoms with van der Waals surface area (Å²) in [4.78, 5) is 0. The van der Waals surface area contributed by atoms with Crippen LogP contribution in [0.4, 0.5) is 0 Å². The minimum atomic E-state index is 0.759. The lowest BCUT2D eigenvalue weighted by molar-refractivity contribution is 0.354. The molecule has 0 spiro atoms. The number of hydrogen-bond acceptors (Lipinski definition) is 2. The van der Waals surface area contributed by atoms with Gasteiger partial charge in [-0.05, 0) is 48.2 Å². The molecule has 0 bridgehead atoms. The van der Waals surface area contributed by atoms with E-state index in [1.165, 1.54) is 22.0 Å². The van der Waals surface area contributed by atoms with Crippen LogP contribution in [0.25, 0.3) is 10.9 Å². The summed E-state index contributed by atoms with van der Waals surface area (Å²) < 4.78 is 12.9. The van der Waals surface area contributed by atoms with Gasteiger partial charge in [0.2, 0.25) is 0 Å². The minimum Gasteiger partial charge on any atom is -0.493 e. The second-order valence-corrected chi connectivity index (χ2v) is 5.20. The molecule has 0 aliphatic carbocycles. The molecule has 0 fully saturated rings. The van der Waals surface area contributed by atoms with Crippen molar-refractivity contribution in [2.75, 3.05) is 14.2 Å². The predicted molar refractivity (Wildman–Crippen MR) is 85.3 cm³/mol. The number of fused-ring (bicyclic) bond motifs is 1. The van der Waals surface area contributed by atoms with Crippen LogP contribution in [0.5, 0.6) is 11.5 Å². The Morgan fingerprint density at radius 1 is 0.905 bits per heavy atom. The van der Waals surface area contributed by atoms with E-state index in [0.29, 0.717) is 0 Å². The summed E-state index contributed by atoms with van der Waals surface area (Å²) in [6, 6.07) is 14.7. The molecule has 3 nitrogen and oxygen atoms in total. The Hall–Kier alpha value is -2.42. The second-order valence-electron chi connectivity index (χ2n) is 5.20. The van der Waals surface area contributed by atoms with E-state index in [9.17, 15) is 0 Å². The molecule has 21 heavy (non-hydrogen) atoms. The van der Waals surface area contributed by atoms with E-state index in [4.69, 9.17) is 9.47 Å². The topological polar surface area (TPSA) is 23.4 Å².